The van der Waals surface area contributed by atoms with E-state index in [1.165, 1.54) is 11.3 Å². The molecule has 0 aliphatic carbocycles. The fourth-order valence-electron chi connectivity index (χ4n) is 1.84. The molecule has 0 saturated carbocycles. The number of benzene rings is 1. The Bertz CT molecular complexity index is 757. The van der Waals surface area contributed by atoms with Gasteiger partial charge in [0.05, 0.1) is 9.90 Å². The van der Waals surface area contributed by atoms with Gasteiger partial charge in [-0.2, -0.15) is 0 Å². The average Bonchev–Trinajstić information content (AvgIpc) is 2.79. The number of hydrogen-bond donors (Lipinski definition) is 2. The summed E-state index contributed by atoms with van der Waals surface area (Å²) in [5.41, 5.74) is 7.76. The van der Waals surface area contributed by atoms with Crippen LogP contribution in [-0.2, 0) is 16.4 Å². The van der Waals surface area contributed by atoms with E-state index in [9.17, 15) is 8.42 Å². The SMILES string of the molecule is Cc1csc(CCNS(=O)(=O)c2cc(Br)cc(N)c2C)n1. The Hall–Kier alpha value is -0.960. The van der Waals surface area contributed by atoms with Gasteiger partial charge in [-0.3, -0.25) is 0 Å². The number of hydrogen-bond acceptors (Lipinski definition) is 5. The van der Waals surface area contributed by atoms with Crippen molar-refractivity contribution >= 4 is 43.0 Å². The van der Waals surface area contributed by atoms with Crippen LogP contribution in [0, 0.1) is 13.8 Å². The van der Waals surface area contributed by atoms with Crippen molar-refractivity contribution in [2.45, 2.75) is 25.2 Å². The van der Waals surface area contributed by atoms with Gasteiger partial charge in [0, 0.05) is 34.2 Å². The molecular formula is C13H16BrN3O2S2. The van der Waals surface area contributed by atoms with E-state index < -0.39 is 10.0 Å². The van der Waals surface area contributed by atoms with Crippen LogP contribution in [-0.4, -0.2) is 19.9 Å². The van der Waals surface area contributed by atoms with Crippen molar-refractivity contribution in [1.29, 1.82) is 0 Å². The van der Waals surface area contributed by atoms with Crippen LogP contribution in [0.3, 0.4) is 0 Å². The van der Waals surface area contributed by atoms with Crippen LogP contribution >= 0.6 is 27.3 Å². The fourth-order valence-corrected chi connectivity index (χ4v) is 4.57. The first-order chi connectivity index (χ1) is 9.79. The van der Waals surface area contributed by atoms with E-state index in [4.69, 9.17) is 5.73 Å². The predicted octanol–water partition coefficient (Wildman–Crippen LogP) is 2.63. The van der Waals surface area contributed by atoms with Gasteiger partial charge in [-0.1, -0.05) is 15.9 Å². The van der Waals surface area contributed by atoms with Gasteiger partial charge < -0.3 is 5.73 Å². The Morgan fingerprint density at radius 3 is 2.71 bits per heavy atom. The number of rotatable bonds is 5. The number of thiazole rings is 1. The number of nitrogens with two attached hydrogens (primary N) is 1. The lowest BCUT2D eigenvalue weighted by Crippen LogP contribution is -2.26. The van der Waals surface area contributed by atoms with Crippen LogP contribution < -0.4 is 10.5 Å². The zero-order valence-corrected chi connectivity index (χ0v) is 14.9. The van der Waals surface area contributed by atoms with Crippen LogP contribution in [0.25, 0.3) is 0 Å². The van der Waals surface area contributed by atoms with Crippen LogP contribution in [0.2, 0.25) is 0 Å². The quantitative estimate of drug-likeness (QED) is 0.769. The molecule has 1 heterocycles. The molecule has 0 fully saturated rings. The second kappa shape index (κ2) is 6.43. The first-order valence-electron chi connectivity index (χ1n) is 6.26. The zero-order chi connectivity index (χ0) is 15.6. The summed E-state index contributed by atoms with van der Waals surface area (Å²) in [7, 11) is -3.58. The highest BCUT2D eigenvalue weighted by Gasteiger charge is 2.18. The van der Waals surface area contributed by atoms with E-state index in [1.54, 1.807) is 19.1 Å². The molecule has 3 N–H and O–H groups in total. The third kappa shape index (κ3) is 4.03. The summed E-state index contributed by atoms with van der Waals surface area (Å²) in [5, 5.41) is 2.86. The molecule has 0 unspecified atom stereocenters. The maximum Gasteiger partial charge on any atom is 0.240 e. The molecule has 0 aliphatic rings. The highest BCUT2D eigenvalue weighted by molar-refractivity contribution is 9.10. The summed E-state index contributed by atoms with van der Waals surface area (Å²) in [5.74, 6) is 0. The minimum atomic E-state index is -3.58. The number of aromatic nitrogens is 1. The predicted molar refractivity (Wildman–Crippen MR) is 89.0 cm³/mol. The topological polar surface area (TPSA) is 85.1 Å². The summed E-state index contributed by atoms with van der Waals surface area (Å²) >= 11 is 4.80. The third-order valence-corrected chi connectivity index (χ3v) is 6.02. The number of sulfonamides is 1. The highest BCUT2D eigenvalue weighted by Crippen LogP contribution is 2.26. The third-order valence-electron chi connectivity index (χ3n) is 2.95. The molecule has 8 heteroatoms. The van der Waals surface area contributed by atoms with E-state index >= 15 is 0 Å². The van der Waals surface area contributed by atoms with Crippen LogP contribution in [0.4, 0.5) is 5.69 Å². The summed E-state index contributed by atoms with van der Waals surface area (Å²) in [6, 6.07) is 3.24. The lowest BCUT2D eigenvalue weighted by atomic mass is 10.2. The van der Waals surface area contributed by atoms with E-state index in [1.807, 2.05) is 12.3 Å². The molecule has 0 spiro atoms. The number of nitrogen functional groups attached to an aromatic ring is 1. The maximum absolute atomic E-state index is 12.3. The average molecular weight is 390 g/mol. The summed E-state index contributed by atoms with van der Waals surface area (Å²) in [6.07, 6.45) is 0.570. The van der Waals surface area contributed by atoms with Crippen LogP contribution in [0.1, 0.15) is 16.3 Å². The second-order valence-corrected chi connectivity index (χ2v) is 8.24. The lowest BCUT2D eigenvalue weighted by molar-refractivity contribution is 0.581. The first kappa shape index (κ1) is 16.4. The Balaban J connectivity index is 2.12. The smallest absolute Gasteiger partial charge is 0.240 e. The monoisotopic (exact) mass is 389 g/mol. The maximum atomic E-state index is 12.3. The van der Waals surface area contributed by atoms with Crippen molar-refractivity contribution in [3.8, 4) is 0 Å². The Kier molecular flexibility index (Phi) is 5.03. The molecule has 0 aliphatic heterocycles. The number of anilines is 1. The van der Waals surface area contributed by atoms with Crippen molar-refractivity contribution in [3.63, 3.8) is 0 Å². The molecule has 21 heavy (non-hydrogen) atoms. The Morgan fingerprint density at radius 1 is 1.38 bits per heavy atom. The van der Waals surface area contributed by atoms with Gasteiger partial charge >= 0.3 is 0 Å². The molecule has 0 radical (unpaired) electrons. The van der Waals surface area contributed by atoms with Gasteiger partial charge in [-0.15, -0.1) is 11.3 Å². The Labute approximate surface area is 136 Å². The fraction of sp³-hybridized carbons (Fsp3) is 0.308. The molecule has 2 rings (SSSR count). The molecule has 0 amide bonds. The second-order valence-electron chi connectivity index (χ2n) is 4.65. The standard InChI is InChI=1S/C13H16BrN3O2S2/c1-8-7-20-13(17-8)3-4-16-21(18,19)12-6-10(14)5-11(15)9(12)2/h5-7,16H,3-4,15H2,1-2H3. The van der Waals surface area contributed by atoms with Gasteiger partial charge in [0.1, 0.15) is 0 Å². The molecular weight excluding hydrogens is 374 g/mol. The molecule has 1 aromatic heterocycles. The molecule has 114 valence electrons. The molecule has 5 nitrogen and oxygen atoms in total. The minimum Gasteiger partial charge on any atom is -0.398 e. The van der Waals surface area contributed by atoms with Crippen LogP contribution in [0.15, 0.2) is 26.9 Å². The van der Waals surface area contributed by atoms with Crippen molar-refractivity contribution in [1.82, 2.24) is 9.71 Å². The highest BCUT2D eigenvalue weighted by atomic mass is 79.9. The minimum absolute atomic E-state index is 0.199. The lowest BCUT2D eigenvalue weighted by Gasteiger charge is -2.11. The number of nitrogens with one attached hydrogen (secondary N) is 1. The Morgan fingerprint density at radius 2 is 2.10 bits per heavy atom. The zero-order valence-electron chi connectivity index (χ0n) is 11.7. The molecule has 2 aromatic rings. The van der Waals surface area contributed by atoms with E-state index in [-0.39, 0.29) is 4.90 Å². The van der Waals surface area contributed by atoms with Crippen molar-refractivity contribution in [2.75, 3.05) is 12.3 Å². The van der Waals surface area contributed by atoms with Gasteiger partial charge in [-0.25, -0.2) is 18.1 Å². The van der Waals surface area contributed by atoms with Gasteiger partial charge in [0.25, 0.3) is 0 Å². The van der Waals surface area contributed by atoms with Crippen molar-refractivity contribution < 1.29 is 8.42 Å². The summed E-state index contributed by atoms with van der Waals surface area (Å²) in [6.45, 7) is 3.92. The van der Waals surface area contributed by atoms with E-state index in [0.29, 0.717) is 28.7 Å². The van der Waals surface area contributed by atoms with Crippen molar-refractivity contribution in [3.05, 3.63) is 38.3 Å². The summed E-state index contributed by atoms with van der Waals surface area (Å²) < 4.78 is 27.9. The first-order valence-corrected chi connectivity index (χ1v) is 9.41. The van der Waals surface area contributed by atoms with Gasteiger partial charge in [0.2, 0.25) is 10.0 Å². The van der Waals surface area contributed by atoms with E-state index in [0.717, 1.165) is 10.7 Å². The molecule has 0 saturated heterocycles. The largest absolute Gasteiger partial charge is 0.398 e. The van der Waals surface area contributed by atoms with E-state index in [2.05, 4.69) is 25.6 Å². The van der Waals surface area contributed by atoms with Crippen molar-refractivity contribution in [2.24, 2.45) is 0 Å². The number of aryl methyl sites for hydroxylation is 1. The number of halogens is 1. The normalized spacial score (nSPS) is 11.8. The van der Waals surface area contributed by atoms with Gasteiger partial charge in [-0.05, 0) is 31.5 Å². The molecule has 1 aromatic carbocycles. The molecule has 0 bridgehead atoms. The van der Waals surface area contributed by atoms with Crippen LogP contribution in [0.5, 0.6) is 0 Å². The molecule has 0 atom stereocenters. The van der Waals surface area contributed by atoms with Gasteiger partial charge in [0.15, 0.2) is 0 Å². The number of nitrogens with zero attached hydrogens (tertiary/aromatic N) is 1. The summed E-state index contributed by atoms with van der Waals surface area (Å²) in [4.78, 5) is 4.50.